The molecular formula is C19H23NO5S. The molecular weight excluding hydrogens is 354 g/mol. The molecule has 1 fully saturated rings. The molecule has 0 radical (unpaired) electrons. The molecule has 7 heteroatoms. The van der Waals surface area contributed by atoms with E-state index in [-0.39, 0.29) is 11.0 Å². The Morgan fingerprint density at radius 1 is 1.15 bits per heavy atom. The molecule has 1 N–H and O–H groups in total. The fraction of sp³-hybridized carbons (Fsp3) is 0.368. The first-order chi connectivity index (χ1) is 12.6. The SMILES string of the molecule is COc1ccc(S(=O)(=O)Oc2ccccc2CNCC2CCCO2)cc1. The lowest BCUT2D eigenvalue weighted by atomic mass is 10.2. The quantitative estimate of drug-likeness (QED) is 0.713. The highest BCUT2D eigenvalue weighted by Crippen LogP contribution is 2.24. The Morgan fingerprint density at radius 2 is 1.92 bits per heavy atom. The highest BCUT2D eigenvalue weighted by atomic mass is 32.2. The predicted octanol–water partition coefficient (Wildman–Crippen LogP) is 2.73. The zero-order valence-electron chi connectivity index (χ0n) is 14.7. The minimum Gasteiger partial charge on any atom is -0.497 e. The molecule has 140 valence electrons. The van der Waals surface area contributed by atoms with Crippen LogP contribution in [0.3, 0.4) is 0 Å². The highest BCUT2D eigenvalue weighted by molar-refractivity contribution is 7.87. The van der Waals surface area contributed by atoms with Crippen molar-refractivity contribution in [2.24, 2.45) is 0 Å². The Bertz CT molecular complexity index is 814. The van der Waals surface area contributed by atoms with Gasteiger partial charge in [-0.1, -0.05) is 18.2 Å². The standard InChI is InChI=1S/C19H23NO5S/c1-23-16-8-10-18(11-9-16)26(21,22)25-19-7-3-2-5-15(19)13-20-14-17-6-4-12-24-17/h2-3,5,7-11,17,20H,4,6,12-14H2,1H3. The lowest BCUT2D eigenvalue weighted by Crippen LogP contribution is -2.26. The normalized spacial score (nSPS) is 17.2. The molecule has 6 nitrogen and oxygen atoms in total. The van der Waals surface area contributed by atoms with Crippen LogP contribution in [0.5, 0.6) is 11.5 Å². The van der Waals surface area contributed by atoms with Crippen LogP contribution in [0.25, 0.3) is 0 Å². The summed E-state index contributed by atoms with van der Waals surface area (Å²) in [6, 6.07) is 13.2. The van der Waals surface area contributed by atoms with Crippen LogP contribution in [0.1, 0.15) is 18.4 Å². The van der Waals surface area contributed by atoms with E-state index in [0.717, 1.165) is 31.6 Å². The molecule has 0 amide bonds. The van der Waals surface area contributed by atoms with Gasteiger partial charge in [-0.3, -0.25) is 0 Å². The summed E-state index contributed by atoms with van der Waals surface area (Å²) in [5.41, 5.74) is 0.780. The zero-order chi connectivity index (χ0) is 18.4. The van der Waals surface area contributed by atoms with Crippen molar-refractivity contribution in [2.45, 2.75) is 30.4 Å². The smallest absolute Gasteiger partial charge is 0.339 e. The van der Waals surface area contributed by atoms with Gasteiger partial charge in [0.2, 0.25) is 0 Å². The van der Waals surface area contributed by atoms with Gasteiger partial charge in [0, 0.05) is 25.3 Å². The number of hydrogen-bond acceptors (Lipinski definition) is 6. The van der Waals surface area contributed by atoms with Crippen LogP contribution in [0.2, 0.25) is 0 Å². The first-order valence-corrected chi connectivity index (χ1v) is 9.98. The van der Waals surface area contributed by atoms with Gasteiger partial charge in [-0.15, -0.1) is 0 Å². The summed E-state index contributed by atoms with van der Waals surface area (Å²) in [4.78, 5) is 0.0837. The number of hydrogen-bond donors (Lipinski definition) is 1. The van der Waals surface area contributed by atoms with Gasteiger partial charge in [0.15, 0.2) is 0 Å². The number of para-hydroxylation sites is 1. The lowest BCUT2D eigenvalue weighted by molar-refractivity contribution is 0.110. The Balaban J connectivity index is 1.68. The van der Waals surface area contributed by atoms with Gasteiger partial charge in [-0.2, -0.15) is 8.42 Å². The maximum Gasteiger partial charge on any atom is 0.339 e. The highest BCUT2D eigenvalue weighted by Gasteiger charge is 2.19. The van der Waals surface area contributed by atoms with E-state index >= 15 is 0 Å². The molecule has 2 aromatic rings. The molecule has 26 heavy (non-hydrogen) atoms. The average Bonchev–Trinajstić information content (AvgIpc) is 3.16. The number of nitrogens with one attached hydrogen (secondary N) is 1. The third kappa shape index (κ3) is 4.75. The third-order valence-electron chi connectivity index (χ3n) is 4.23. The van der Waals surface area contributed by atoms with Crippen molar-refractivity contribution in [3.8, 4) is 11.5 Å². The van der Waals surface area contributed by atoms with E-state index in [2.05, 4.69) is 5.32 Å². The Hall–Kier alpha value is -2.09. The van der Waals surface area contributed by atoms with E-state index in [1.54, 1.807) is 24.3 Å². The van der Waals surface area contributed by atoms with Crippen LogP contribution < -0.4 is 14.2 Å². The van der Waals surface area contributed by atoms with Crippen molar-refractivity contribution in [1.29, 1.82) is 0 Å². The Kier molecular flexibility index (Phi) is 6.13. The second-order valence-corrected chi connectivity index (χ2v) is 7.63. The molecule has 0 bridgehead atoms. The minimum atomic E-state index is -3.91. The lowest BCUT2D eigenvalue weighted by Gasteiger charge is -2.14. The summed E-state index contributed by atoms with van der Waals surface area (Å²) >= 11 is 0. The van der Waals surface area contributed by atoms with E-state index in [1.807, 2.05) is 12.1 Å². The summed E-state index contributed by atoms with van der Waals surface area (Å²) in [5.74, 6) is 0.908. The van der Waals surface area contributed by atoms with Gasteiger partial charge in [0.05, 0.1) is 13.2 Å². The molecule has 1 unspecified atom stereocenters. The monoisotopic (exact) mass is 377 g/mol. The maximum atomic E-state index is 12.5. The van der Waals surface area contributed by atoms with Crippen LogP contribution in [0, 0.1) is 0 Å². The van der Waals surface area contributed by atoms with E-state index in [0.29, 0.717) is 18.0 Å². The fourth-order valence-electron chi connectivity index (χ4n) is 2.81. The van der Waals surface area contributed by atoms with E-state index in [4.69, 9.17) is 13.7 Å². The molecule has 1 saturated heterocycles. The molecule has 1 heterocycles. The number of rotatable bonds is 8. The van der Waals surface area contributed by atoms with Gasteiger partial charge in [-0.25, -0.2) is 0 Å². The Labute approximate surface area is 154 Å². The van der Waals surface area contributed by atoms with Gasteiger partial charge in [0.1, 0.15) is 16.4 Å². The van der Waals surface area contributed by atoms with E-state index in [9.17, 15) is 8.42 Å². The van der Waals surface area contributed by atoms with E-state index < -0.39 is 10.1 Å². The first kappa shape index (κ1) is 18.7. The predicted molar refractivity (Wildman–Crippen MR) is 97.9 cm³/mol. The second kappa shape index (κ2) is 8.53. The van der Waals surface area contributed by atoms with Gasteiger partial charge < -0.3 is 19.0 Å². The van der Waals surface area contributed by atoms with Crippen molar-refractivity contribution < 1.29 is 22.1 Å². The average molecular weight is 377 g/mol. The summed E-state index contributed by atoms with van der Waals surface area (Å²) in [7, 11) is -2.38. The van der Waals surface area contributed by atoms with Crippen molar-refractivity contribution >= 4 is 10.1 Å². The zero-order valence-corrected chi connectivity index (χ0v) is 15.5. The van der Waals surface area contributed by atoms with Gasteiger partial charge in [0.25, 0.3) is 0 Å². The van der Waals surface area contributed by atoms with Crippen LogP contribution in [0.15, 0.2) is 53.4 Å². The third-order valence-corrected chi connectivity index (χ3v) is 5.48. The molecule has 1 aliphatic heterocycles. The Morgan fingerprint density at radius 3 is 2.62 bits per heavy atom. The molecule has 3 rings (SSSR count). The summed E-state index contributed by atoms with van der Waals surface area (Å²) < 4.78 is 41.1. The fourth-order valence-corrected chi connectivity index (χ4v) is 3.78. The second-order valence-electron chi connectivity index (χ2n) is 6.09. The molecule has 1 aliphatic rings. The molecule has 0 aromatic heterocycles. The molecule has 1 atom stereocenters. The number of benzene rings is 2. The molecule has 0 aliphatic carbocycles. The first-order valence-electron chi connectivity index (χ1n) is 8.57. The largest absolute Gasteiger partial charge is 0.497 e. The van der Waals surface area contributed by atoms with Gasteiger partial charge >= 0.3 is 10.1 Å². The summed E-state index contributed by atoms with van der Waals surface area (Å²) in [6.45, 7) is 2.06. The van der Waals surface area contributed by atoms with Crippen molar-refractivity contribution in [3.05, 3.63) is 54.1 Å². The molecule has 2 aromatic carbocycles. The van der Waals surface area contributed by atoms with Crippen LogP contribution >= 0.6 is 0 Å². The van der Waals surface area contributed by atoms with Gasteiger partial charge in [-0.05, 0) is 43.2 Å². The molecule has 0 saturated carbocycles. The minimum absolute atomic E-state index is 0.0837. The molecule has 0 spiro atoms. The number of methoxy groups -OCH3 is 1. The van der Waals surface area contributed by atoms with Crippen LogP contribution in [-0.4, -0.2) is 34.8 Å². The van der Waals surface area contributed by atoms with Crippen molar-refractivity contribution in [1.82, 2.24) is 5.32 Å². The summed E-state index contributed by atoms with van der Waals surface area (Å²) in [6.07, 6.45) is 2.37. The van der Waals surface area contributed by atoms with Crippen molar-refractivity contribution in [2.75, 3.05) is 20.3 Å². The van der Waals surface area contributed by atoms with Crippen LogP contribution in [0.4, 0.5) is 0 Å². The summed E-state index contributed by atoms with van der Waals surface area (Å²) in [5, 5.41) is 3.31. The van der Waals surface area contributed by atoms with Crippen molar-refractivity contribution in [3.63, 3.8) is 0 Å². The topological polar surface area (TPSA) is 73.9 Å². The number of ether oxygens (including phenoxy) is 2. The van der Waals surface area contributed by atoms with E-state index in [1.165, 1.54) is 19.2 Å². The maximum absolute atomic E-state index is 12.5. The van der Waals surface area contributed by atoms with Crippen LogP contribution in [-0.2, 0) is 21.4 Å².